The van der Waals surface area contributed by atoms with Crippen LogP contribution in [0, 0.1) is 0 Å². The monoisotopic (exact) mass is 355 g/mol. The number of aromatic amines is 1. The van der Waals surface area contributed by atoms with Gasteiger partial charge in [0.05, 0.1) is 30.5 Å². The number of likely N-dealkylation sites (tertiary alicyclic amines) is 1. The molecule has 0 aliphatic carbocycles. The van der Waals surface area contributed by atoms with E-state index < -0.39 is 0 Å². The number of nitrogens with one attached hydrogen (secondary N) is 1. The smallest absolute Gasteiger partial charge is 0.238 e. The summed E-state index contributed by atoms with van der Waals surface area (Å²) in [6.45, 7) is 1.86. The summed E-state index contributed by atoms with van der Waals surface area (Å²) in [7, 11) is 0. The molecule has 128 valence electrons. The first-order valence-corrected chi connectivity index (χ1v) is 8.62. The quantitative estimate of drug-likeness (QED) is 0.749. The summed E-state index contributed by atoms with van der Waals surface area (Å²) in [5.41, 5.74) is 2.04. The Hall–Kier alpha value is -2.44. The normalized spacial score (nSPS) is 17.7. The first-order chi connectivity index (χ1) is 12.3. The van der Waals surface area contributed by atoms with Gasteiger partial charge in [-0.3, -0.25) is 9.88 Å². The van der Waals surface area contributed by atoms with E-state index in [0.717, 1.165) is 37.3 Å². The van der Waals surface area contributed by atoms with Crippen LogP contribution in [0.15, 0.2) is 49.2 Å². The van der Waals surface area contributed by atoms with E-state index in [-0.39, 0.29) is 6.04 Å². The molecule has 6 nitrogen and oxygen atoms in total. The van der Waals surface area contributed by atoms with E-state index in [0.29, 0.717) is 16.7 Å². The summed E-state index contributed by atoms with van der Waals surface area (Å²) in [6.07, 6.45) is 9.23. The van der Waals surface area contributed by atoms with Gasteiger partial charge in [-0.15, -0.1) is 0 Å². The van der Waals surface area contributed by atoms with Crippen molar-refractivity contribution in [3.05, 3.63) is 65.6 Å². The summed E-state index contributed by atoms with van der Waals surface area (Å²) in [4.78, 5) is 18.6. The SMILES string of the molecule is Clc1ccc(Oc2cncc([C@H]3CCCN3Cc3cnc[nH]3)n2)cc1. The van der Waals surface area contributed by atoms with Crippen molar-refractivity contribution in [2.45, 2.75) is 25.4 Å². The fourth-order valence-corrected chi connectivity index (χ4v) is 3.26. The Morgan fingerprint density at radius 3 is 2.84 bits per heavy atom. The number of benzene rings is 1. The number of halogens is 1. The van der Waals surface area contributed by atoms with E-state index in [2.05, 4.69) is 24.8 Å². The zero-order valence-electron chi connectivity index (χ0n) is 13.6. The molecule has 3 heterocycles. The molecular weight excluding hydrogens is 338 g/mol. The summed E-state index contributed by atoms with van der Waals surface area (Å²) < 4.78 is 5.81. The van der Waals surface area contributed by atoms with Gasteiger partial charge in [-0.25, -0.2) is 9.97 Å². The van der Waals surface area contributed by atoms with Crippen LogP contribution in [0.25, 0.3) is 0 Å². The van der Waals surface area contributed by atoms with Crippen molar-refractivity contribution < 1.29 is 4.74 Å². The first-order valence-electron chi connectivity index (χ1n) is 8.24. The molecule has 4 rings (SSSR count). The number of aromatic nitrogens is 4. The highest BCUT2D eigenvalue weighted by atomic mass is 35.5. The number of imidazole rings is 1. The molecule has 0 saturated carbocycles. The first kappa shape index (κ1) is 16.1. The molecule has 3 aromatic rings. The van der Waals surface area contributed by atoms with E-state index in [1.165, 1.54) is 0 Å². The van der Waals surface area contributed by atoms with Crippen LogP contribution in [0.3, 0.4) is 0 Å². The van der Waals surface area contributed by atoms with Crippen molar-refractivity contribution in [3.8, 4) is 11.6 Å². The topological polar surface area (TPSA) is 66.9 Å². The van der Waals surface area contributed by atoms with Crippen molar-refractivity contribution in [1.29, 1.82) is 0 Å². The zero-order valence-corrected chi connectivity index (χ0v) is 14.4. The molecule has 1 fully saturated rings. The average molecular weight is 356 g/mol. The fraction of sp³-hybridized carbons (Fsp3) is 0.278. The van der Waals surface area contributed by atoms with Crippen LogP contribution in [-0.2, 0) is 6.54 Å². The number of hydrogen-bond acceptors (Lipinski definition) is 5. The van der Waals surface area contributed by atoms with Crippen LogP contribution < -0.4 is 4.74 Å². The minimum atomic E-state index is 0.240. The highest BCUT2D eigenvalue weighted by molar-refractivity contribution is 6.30. The standard InChI is InChI=1S/C18H18ClN5O/c19-13-3-5-15(6-4-13)25-18-10-20-9-16(23-18)17-2-1-7-24(17)11-14-8-21-12-22-14/h3-6,8-10,12,17H,1-2,7,11H2,(H,21,22)/t17-/m1/s1. The Labute approximate surface area is 150 Å². The lowest BCUT2D eigenvalue weighted by atomic mass is 10.1. The Bertz CT molecular complexity index is 822. The maximum absolute atomic E-state index is 5.90. The van der Waals surface area contributed by atoms with E-state index >= 15 is 0 Å². The molecule has 1 aliphatic heterocycles. The second kappa shape index (κ2) is 7.21. The van der Waals surface area contributed by atoms with Crippen LogP contribution in [0.5, 0.6) is 11.6 Å². The van der Waals surface area contributed by atoms with Gasteiger partial charge in [-0.2, -0.15) is 0 Å². The van der Waals surface area contributed by atoms with Crippen LogP contribution >= 0.6 is 11.6 Å². The van der Waals surface area contributed by atoms with Crippen molar-refractivity contribution in [1.82, 2.24) is 24.8 Å². The zero-order chi connectivity index (χ0) is 17.1. The van der Waals surface area contributed by atoms with E-state index in [9.17, 15) is 0 Å². The number of H-pyrrole nitrogens is 1. The summed E-state index contributed by atoms with van der Waals surface area (Å²) in [6, 6.07) is 7.45. The molecule has 1 N–H and O–H groups in total. The van der Waals surface area contributed by atoms with Gasteiger partial charge in [0.15, 0.2) is 0 Å². The van der Waals surface area contributed by atoms with Crippen molar-refractivity contribution >= 4 is 11.6 Å². The lowest BCUT2D eigenvalue weighted by molar-refractivity contribution is 0.240. The van der Waals surface area contributed by atoms with Crippen molar-refractivity contribution in [2.75, 3.05) is 6.54 Å². The van der Waals surface area contributed by atoms with Crippen molar-refractivity contribution in [2.24, 2.45) is 0 Å². The van der Waals surface area contributed by atoms with Gasteiger partial charge in [0.1, 0.15) is 5.75 Å². The summed E-state index contributed by atoms with van der Waals surface area (Å²) >= 11 is 5.90. The van der Waals surface area contributed by atoms with E-state index in [1.807, 2.05) is 24.5 Å². The summed E-state index contributed by atoms with van der Waals surface area (Å²) in [5.74, 6) is 1.19. The van der Waals surface area contributed by atoms with Gasteiger partial charge in [-0.1, -0.05) is 11.6 Å². The van der Waals surface area contributed by atoms with Crippen molar-refractivity contribution in [3.63, 3.8) is 0 Å². The number of nitrogens with zero attached hydrogens (tertiary/aromatic N) is 4. The molecule has 1 aliphatic rings. The predicted molar refractivity (Wildman–Crippen MR) is 94.5 cm³/mol. The molecular formula is C18H18ClN5O. The molecule has 1 saturated heterocycles. The minimum Gasteiger partial charge on any atom is -0.437 e. The highest BCUT2D eigenvalue weighted by Gasteiger charge is 2.28. The Balaban J connectivity index is 1.51. The van der Waals surface area contributed by atoms with Crippen LogP contribution in [0.2, 0.25) is 5.02 Å². The lowest BCUT2D eigenvalue weighted by Gasteiger charge is -2.23. The molecule has 1 atom stereocenters. The third-order valence-corrected chi connectivity index (χ3v) is 4.55. The molecule has 7 heteroatoms. The van der Waals surface area contributed by atoms with Gasteiger partial charge >= 0.3 is 0 Å². The van der Waals surface area contributed by atoms with Crippen LogP contribution in [0.1, 0.15) is 30.3 Å². The number of hydrogen-bond donors (Lipinski definition) is 1. The molecule has 0 radical (unpaired) electrons. The lowest BCUT2D eigenvalue weighted by Crippen LogP contribution is -2.23. The second-order valence-electron chi connectivity index (χ2n) is 6.04. The van der Waals surface area contributed by atoms with Gasteiger partial charge in [0.25, 0.3) is 0 Å². The maximum Gasteiger partial charge on any atom is 0.238 e. The van der Waals surface area contributed by atoms with Gasteiger partial charge in [0.2, 0.25) is 5.88 Å². The fourth-order valence-electron chi connectivity index (χ4n) is 3.14. The van der Waals surface area contributed by atoms with Gasteiger partial charge in [-0.05, 0) is 43.7 Å². The van der Waals surface area contributed by atoms with E-state index in [4.69, 9.17) is 16.3 Å². The average Bonchev–Trinajstić information content (AvgIpc) is 3.30. The summed E-state index contributed by atoms with van der Waals surface area (Å²) in [5, 5.41) is 0.674. The third kappa shape index (κ3) is 3.81. The number of rotatable bonds is 5. The molecule has 0 amide bonds. The molecule has 1 aromatic carbocycles. The molecule has 0 spiro atoms. The minimum absolute atomic E-state index is 0.240. The molecule has 0 bridgehead atoms. The van der Waals surface area contributed by atoms with E-state index in [1.54, 1.807) is 24.7 Å². The van der Waals surface area contributed by atoms with Gasteiger partial charge in [0, 0.05) is 23.5 Å². The third-order valence-electron chi connectivity index (χ3n) is 4.30. The Morgan fingerprint density at radius 2 is 2.04 bits per heavy atom. The predicted octanol–water partition coefficient (Wildman–Crippen LogP) is 3.98. The molecule has 0 unspecified atom stereocenters. The second-order valence-corrected chi connectivity index (χ2v) is 6.48. The Morgan fingerprint density at radius 1 is 1.16 bits per heavy atom. The Kier molecular flexibility index (Phi) is 4.63. The van der Waals surface area contributed by atoms with Gasteiger partial charge < -0.3 is 9.72 Å². The van der Waals surface area contributed by atoms with Crippen LogP contribution in [0.4, 0.5) is 0 Å². The molecule has 25 heavy (non-hydrogen) atoms. The largest absolute Gasteiger partial charge is 0.437 e. The molecule has 2 aromatic heterocycles. The maximum atomic E-state index is 5.90. The number of ether oxygens (including phenoxy) is 1. The van der Waals surface area contributed by atoms with Crippen LogP contribution in [-0.4, -0.2) is 31.4 Å². The highest BCUT2D eigenvalue weighted by Crippen LogP contribution is 2.32.